The first-order valence-corrected chi connectivity index (χ1v) is 19.6. The number of phenolic OH excluding ortho intramolecular Hbond substituents is 4. The fraction of sp³-hybridized carbons (Fsp3) is 0.0256. The Balaban J connectivity index is 1.18. The lowest BCUT2D eigenvalue weighted by Gasteiger charge is -2.08. The molecule has 24 heteroatoms. The normalized spacial score (nSPS) is 12.0. The number of aromatic carboxylic acids is 2. The molecule has 0 bridgehead atoms. The molecule has 0 aliphatic rings. The fourth-order valence-electron chi connectivity index (χ4n) is 5.32. The van der Waals surface area contributed by atoms with E-state index in [0.717, 1.165) is 42.4 Å². The summed E-state index contributed by atoms with van der Waals surface area (Å²) in [7, 11) is -4.43. The molecular weight excluding hydrogens is 869 g/mol. The lowest BCUT2D eigenvalue weighted by atomic mass is 9.99. The zero-order chi connectivity index (χ0) is 45.3. The number of hydrogen-bond donors (Lipinski definition) is 8. The number of nitrogens with zero attached hydrogens (tertiary/aromatic N) is 8. The number of carboxylic acids is 2. The Morgan fingerprint density at radius 1 is 0.508 bits per heavy atom. The fourth-order valence-corrected chi connectivity index (χ4v) is 6.15. The first-order chi connectivity index (χ1) is 30.1. The van der Waals surface area contributed by atoms with Crippen molar-refractivity contribution in [3.8, 4) is 23.0 Å². The lowest BCUT2D eigenvalue weighted by molar-refractivity contribution is -0.432. The number of phenols is 4. The standard InChI is InChI=1S/C39H28N8O14S2/c48-34-18-36(50)32(16-30(34)44-40-22-3-7-24(8-4-22)62-61-60-56)46-42-28-11-1-20(14-26(28)38(52)53)13-21-2-12-29(27(15-21)39(54)55)43-47-33-17-31(35(49)19-37(33)51)45-41-23-5-9-25(10-6-23)63(57,58)59/h1-12,14-19,48-51,56H,13H2,(H,52,53)(H,54,55)(H,57,58,59). The van der Waals surface area contributed by atoms with Gasteiger partial charge in [-0.3, -0.25) is 4.55 Å². The third-order valence-electron chi connectivity index (χ3n) is 8.34. The van der Waals surface area contributed by atoms with Crippen molar-refractivity contribution in [2.24, 2.45) is 40.9 Å². The van der Waals surface area contributed by atoms with Gasteiger partial charge in [0, 0.05) is 29.2 Å². The van der Waals surface area contributed by atoms with Crippen LogP contribution in [0.3, 0.4) is 0 Å². The summed E-state index contributed by atoms with van der Waals surface area (Å²) < 4.78 is 36.0. The first-order valence-electron chi connectivity index (χ1n) is 17.4. The monoisotopic (exact) mass is 896 g/mol. The van der Waals surface area contributed by atoms with Crippen LogP contribution in [0, 0.1) is 0 Å². The Hall–Kier alpha value is -8.00. The van der Waals surface area contributed by atoms with Crippen LogP contribution < -0.4 is 0 Å². The molecule has 0 fully saturated rings. The summed E-state index contributed by atoms with van der Waals surface area (Å²) in [5.74, 6) is -4.72. The summed E-state index contributed by atoms with van der Waals surface area (Å²) in [4.78, 5) is 24.7. The van der Waals surface area contributed by atoms with Crippen LogP contribution in [0.1, 0.15) is 31.8 Å². The molecule has 0 saturated heterocycles. The number of hydrogen-bond acceptors (Lipinski definition) is 20. The second kappa shape index (κ2) is 19.6. The van der Waals surface area contributed by atoms with E-state index in [4.69, 9.17) is 9.81 Å². The molecule has 0 atom stereocenters. The van der Waals surface area contributed by atoms with Gasteiger partial charge in [-0.1, -0.05) is 17.2 Å². The van der Waals surface area contributed by atoms with Crippen LogP contribution >= 0.6 is 12.0 Å². The van der Waals surface area contributed by atoms with E-state index in [0.29, 0.717) is 21.7 Å². The summed E-state index contributed by atoms with van der Waals surface area (Å²) in [6, 6.07) is 23.5. The Bertz CT molecular complexity index is 2950. The van der Waals surface area contributed by atoms with Crippen LogP contribution in [0.5, 0.6) is 23.0 Å². The van der Waals surface area contributed by atoms with Crippen LogP contribution in [0.25, 0.3) is 0 Å². The van der Waals surface area contributed by atoms with Gasteiger partial charge >= 0.3 is 11.9 Å². The van der Waals surface area contributed by atoms with Crippen molar-refractivity contribution < 1.29 is 67.8 Å². The number of aromatic hydroxyl groups is 4. The summed E-state index contributed by atoms with van der Waals surface area (Å²) >= 11 is 0.737. The van der Waals surface area contributed by atoms with Gasteiger partial charge in [0.15, 0.2) is 0 Å². The molecule has 6 aromatic carbocycles. The first kappa shape index (κ1) is 44.5. The highest BCUT2D eigenvalue weighted by atomic mass is 32.2. The highest BCUT2D eigenvalue weighted by molar-refractivity contribution is 7.94. The van der Waals surface area contributed by atoms with Gasteiger partial charge in [0.25, 0.3) is 10.1 Å². The molecule has 6 aromatic rings. The van der Waals surface area contributed by atoms with Crippen molar-refractivity contribution in [3.05, 3.63) is 131 Å². The molecule has 0 spiro atoms. The molecule has 0 heterocycles. The van der Waals surface area contributed by atoms with Gasteiger partial charge in [-0.15, -0.1) is 35.0 Å². The molecule has 320 valence electrons. The van der Waals surface area contributed by atoms with E-state index in [1.807, 2.05) is 0 Å². The molecule has 8 N–H and O–H groups in total. The molecule has 63 heavy (non-hydrogen) atoms. The summed E-state index contributed by atoms with van der Waals surface area (Å²) in [5, 5.41) is 105. The van der Waals surface area contributed by atoms with Crippen LogP contribution in [0.15, 0.2) is 160 Å². The van der Waals surface area contributed by atoms with Gasteiger partial charge in [0.2, 0.25) is 0 Å². The lowest BCUT2D eigenvalue weighted by Crippen LogP contribution is -2.01. The van der Waals surface area contributed by atoms with E-state index in [1.54, 1.807) is 24.3 Å². The van der Waals surface area contributed by atoms with Gasteiger partial charge in [-0.25, -0.2) is 14.8 Å². The average molecular weight is 897 g/mol. The highest BCUT2D eigenvalue weighted by Gasteiger charge is 2.17. The van der Waals surface area contributed by atoms with E-state index >= 15 is 0 Å². The van der Waals surface area contributed by atoms with Crippen molar-refractivity contribution in [1.82, 2.24) is 0 Å². The molecule has 0 saturated carbocycles. The zero-order valence-corrected chi connectivity index (χ0v) is 33.2. The second-order valence-electron chi connectivity index (χ2n) is 12.6. The minimum absolute atomic E-state index is 0.0561. The molecule has 6 rings (SSSR count). The largest absolute Gasteiger partial charge is 0.505 e. The third-order valence-corrected chi connectivity index (χ3v) is 9.81. The Morgan fingerprint density at radius 3 is 1.27 bits per heavy atom. The van der Waals surface area contributed by atoms with Gasteiger partial charge in [0.05, 0.1) is 39.4 Å². The van der Waals surface area contributed by atoms with Crippen molar-refractivity contribution in [2.75, 3.05) is 0 Å². The number of benzene rings is 6. The third kappa shape index (κ3) is 11.6. The molecule has 0 unspecified atom stereocenters. The number of azo groups is 4. The van der Waals surface area contributed by atoms with E-state index < -0.39 is 45.1 Å². The highest BCUT2D eigenvalue weighted by Crippen LogP contribution is 2.42. The van der Waals surface area contributed by atoms with Crippen molar-refractivity contribution in [2.45, 2.75) is 16.2 Å². The van der Waals surface area contributed by atoms with Crippen molar-refractivity contribution in [1.29, 1.82) is 0 Å². The molecule has 0 aliphatic carbocycles. The predicted molar refractivity (Wildman–Crippen MR) is 219 cm³/mol. The van der Waals surface area contributed by atoms with E-state index in [1.165, 1.54) is 54.6 Å². The topological polar surface area (TPSA) is 347 Å². The molecule has 0 amide bonds. The van der Waals surface area contributed by atoms with Crippen LogP contribution in [0.4, 0.5) is 45.5 Å². The van der Waals surface area contributed by atoms with E-state index in [2.05, 4.69) is 50.3 Å². The van der Waals surface area contributed by atoms with Crippen molar-refractivity contribution in [3.63, 3.8) is 0 Å². The van der Waals surface area contributed by atoms with Crippen LogP contribution in [-0.4, -0.2) is 60.8 Å². The van der Waals surface area contributed by atoms with Crippen molar-refractivity contribution >= 4 is 79.6 Å². The summed E-state index contributed by atoms with van der Waals surface area (Å²) in [5.41, 5.74) is -0.0936. The minimum atomic E-state index is -4.43. The zero-order valence-electron chi connectivity index (χ0n) is 31.5. The molecular formula is C39H28N8O14S2. The van der Waals surface area contributed by atoms with Gasteiger partial charge in [-0.05, 0) is 90.3 Å². The predicted octanol–water partition coefficient (Wildman–Crippen LogP) is 10.8. The summed E-state index contributed by atoms with van der Waals surface area (Å²) in [6.07, 6.45) is 0.0561. The van der Waals surface area contributed by atoms with E-state index in [-0.39, 0.29) is 62.3 Å². The maximum absolute atomic E-state index is 12.3. The number of rotatable bonds is 16. The second-order valence-corrected chi connectivity index (χ2v) is 14.8. The van der Waals surface area contributed by atoms with Crippen LogP contribution in [0.2, 0.25) is 0 Å². The Labute approximate surface area is 358 Å². The van der Waals surface area contributed by atoms with Gasteiger partial charge in [-0.2, -0.15) is 18.6 Å². The molecule has 0 aliphatic heterocycles. The maximum atomic E-state index is 12.3. The maximum Gasteiger partial charge on any atom is 0.337 e. The molecule has 22 nitrogen and oxygen atoms in total. The molecule has 0 aromatic heterocycles. The van der Waals surface area contributed by atoms with Crippen LogP contribution in [-0.2, 0) is 25.9 Å². The average Bonchev–Trinajstić information content (AvgIpc) is 3.25. The number of carbonyl (C=O) groups is 2. The quantitative estimate of drug-likeness (QED) is 0.0147. The van der Waals surface area contributed by atoms with Gasteiger partial charge in [0.1, 0.15) is 57.1 Å². The van der Waals surface area contributed by atoms with E-state index in [9.17, 15) is 48.6 Å². The van der Waals surface area contributed by atoms with Gasteiger partial charge < -0.3 is 30.6 Å². The minimum Gasteiger partial charge on any atom is -0.505 e. The Kier molecular flexibility index (Phi) is 13.9. The SMILES string of the molecule is O=C(O)c1cc(Cc2ccc(N=Nc3cc(N=Nc4ccc(S(=O)(=O)O)cc4)c(O)cc3O)c(C(=O)O)c2)ccc1N=Nc1cc(N=Nc2ccc(SOOO)cc2)c(O)cc1O. The summed E-state index contributed by atoms with van der Waals surface area (Å²) in [6.45, 7) is 0. The molecule has 0 radical (unpaired) electrons. The number of carboxylic acid groups (broad SMARTS) is 2. The smallest absolute Gasteiger partial charge is 0.337 e. The Morgan fingerprint density at radius 2 is 0.889 bits per heavy atom.